The van der Waals surface area contributed by atoms with Crippen LogP contribution in [0, 0.1) is 0 Å². The van der Waals surface area contributed by atoms with Crippen molar-refractivity contribution < 1.29 is 13.5 Å². The second-order valence-corrected chi connectivity index (χ2v) is 3.61. The molecule has 0 spiro atoms. The van der Waals surface area contributed by atoms with Crippen molar-refractivity contribution >= 4 is 5.69 Å². The van der Waals surface area contributed by atoms with Crippen molar-refractivity contribution in [3.05, 3.63) is 36.2 Å². The molecule has 0 saturated carbocycles. The third-order valence-corrected chi connectivity index (χ3v) is 2.34. The fraction of sp³-hybridized carbons (Fsp3) is 0.273. The van der Waals surface area contributed by atoms with Crippen molar-refractivity contribution in [2.24, 2.45) is 7.05 Å². The number of nitrogens with one attached hydrogen (secondary N) is 1. The van der Waals surface area contributed by atoms with Crippen LogP contribution in [0.15, 0.2) is 30.5 Å². The van der Waals surface area contributed by atoms with Crippen LogP contribution < -0.4 is 10.1 Å². The van der Waals surface area contributed by atoms with Gasteiger partial charge in [0.25, 0.3) is 0 Å². The average Bonchev–Trinajstić information content (AvgIpc) is 2.72. The molecule has 0 aliphatic carbocycles. The lowest BCUT2D eigenvalue weighted by molar-refractivity contribution is -0.0498. The van der Waals surface area contributed by atoms with E-state index in [2.05, 4.69) is 20.4 Å². The molecule has 0 aliphatic rings. The fourth-order valence-electron chi connectivity index (χ4n) is 1.45. The summed E-state index contributed by atoms with van der Waals surface area (Å²) >= 11 is 0. The zero-order valence-corrected chi connectivity index (χ0v) is 9.68. The molecule has 1 aromatic heterocycles. The number of alkyl halides is 2. The van der Waals surface area contributed by atoms with E-state index in [1.165, 1.54) is 12.1 Å². The van der Waals surface area contributed by atoms with E-state index in [0.717, 1.165) is 5.69 Å². The number of hydrogen-bond donors (Lipinski definition) is 1. The predicted octanol–water partition coefficient (Wildman–Crippen LogP) is 2.03. The quantitative estimate of drug-likeness (QED) is 0.887. The average molecular weight is 254 g/mol. The van der Waals surface area contributed by atoms with Gasteiger partial charge >= 0.3 is 6.61 Å². The van der Waals surface area contributed by atoms with Crippen molar-refractivity contribution in [2.45, 2.75) is 13.2 Å². The van der Waals surface area contributed by atoms with Crippen LogP contribution in [0.4, 0.5) is 14.5 Å². The van der Waals surface area contributed by atoms with E-state index < -0.39 is 6.61 Å². The molecule has 7 heteroatoms. The molecule has 1 N–H and O–H groups in total. The zero-order valence-electron chi connectivity index (χ0n) is 9.68. The third kappa shape index (κ3) is 3.16. The molecule has 0 radical (unpaired) electrons. The predicted molar refractivity (Wildman–Crippen MR) is 61.4 cm³/mol. The minimum atomic E-state index is -2.82. The van der Waals surface area contributed by atoms with Crippen LogP contribution in [0.1, 0.15) is 5.69 Å². The highest BCUT2D eigenvalue weighted by molar-refractivity contribution is 5.48. The summed E-state index contributed by atoms with van der Waals surface area (Å²) in [4.78, 5) is 0. The number of ether oxygens (including phenoxy) is 1. The highest BCUT2D eigenvalue weighted by Gasteiger charge is 2.05. The Labute approximate surface area is 102 Å². The summed E-state index contributed by atoms with van der Waals surface area (Å²) in [6, 6.07) is 6.39. The molecule has 0 unspecified atom stereocenters. The lowest BCUT2D eigenvalue weighted by Gasteiger charge is -2.09. The van der Waals surface area contributed by atoms with Gasteiger partial charge in [0.05, 0.1) is 18.4 Å². The highest BCUT2D eigenvalue weighted by Crippen LogP contribution is 2.19. The van der Waals surface area contributed by atoms with Gasteiger partial charge < -0.3 is 10.1 Å². The van der Waals surface area contributed by atoms with E-state index >= 15 is 0 Å². The summed E-state index contributed by atoms with van der Waals surface area (Å²) in [5.74, 6) is 0.123. The van der Waals surface area contributed by atoms with Crippen molar-refractivity contribution in [1.82, 2.24) is 15.0 Å². The van der Waals surface area contributed by atoms with E-state index in [4.69, 9.17) is 0 Å². The molecule has 0 saturated heterocycles. The molecule has 0 amide bonds. The molecule has 0 fully saturated rings. The second-order valence-electron chi connectivity index (χ2n) is 3.61. The van der Waals surface area contributed by atoms with Gasteiger partial charge in [-0.15, -0.1) is 5.10 Å². The van der Waals surface area contributed by atoms with Crippen LogP contribution in [0.3, 0.4) is 0 Å². The van der Waals surface area contributed by atoms with E-state index in [1.54, 1.807) is 30.1 Å². The number of aryl methyl sites for hydroxylation is 1. The molecule has 2 aromatic rings. The van der Waals surface area contributed by atoms with E-state index in [-0.39, 0.29) is 5.75 Å². The monoisotopic (exact) mass is 254 g/mol. The number of nitrogens with zero attached hydrogens (tertiary/aromatic N) is 3. The number of benzene rings is 1. The van der Waals surface area contributed by atoms with Crippen molar-refractivity contribution in [2.75, 3.05) is 5.32 Å². The van der Waals surface area contributed by atoms with Crippen LogP contribution in [0.25, 0.3) is 0 Å². The molecule has 5 nitrogen and oxygen atoms in total. The first-order chi connectivity index (χ1) is 8.65. The van der Waals surface area contributed by atoms with Crippen molar-refractivity contribution in [3.63, 3.8) is 0 Å². The third-order valence-electron chi connectivity index (χ3n) is 2.34. The molecule has 1 heterocycles. The van der Waals surface area contributed by atoms with Crippen LogP contribution >= 0.6 is 0 Å². The summed E-state index contributed by atoms with van der Waals surface area (Å²) < 4.78 is 30.0. The van der Waals surface area contributed by atoms with Gasteiger partial charge in [-0.05, 0) is 12.1 Å². The summed E-state index contributed by atoms with van der Waals surface area (Å²) in [6.45, 7) is -2.32. The SMILES string of the molecule is Cn1nncc1CNc1cccc(OC(F)F)c1. The second kappa shape index (κ2) is 5.44. The Morgan fingerprint density at radius 3 is 2.94 bits per heavy atom. The lowest BCUT2D eigenvalue weighted by Crippen LogP contribution is -2.06. The van der Waals surface area contributed by atoms with Gasteiger partial charge in [0.15, 0.2) is 0 Å². The van der Waals surface area contributed by atoms with Gasteiger partial charge in [-0.25, -0.2) is 0 Å². The highest BCUT2D eigenvalue weighted by atomic mass is 19.3. The Kier molecular flexibility index (Phi) is 3.71. The lowest BCUT2D eigenvalue weighted by atomic mass is 10.3. The van der Waals surface area contributed by atoms with Crippen molar-refractivity contribution in [3.8, 4) is 5.75 Å². The maximum absolute atomic E-state index is 12.1. The van der Waals surface area contributed by atoms with Crippen LogP contribution in [-0.2, 0) is 13.6 Å². The maximum Gasteiger partial charge on any atom is 0.387 e. The molecule has 96 valence electrons. The zero-order chi connectivity index (χ0) is 13.0. The van der Waals surface area contributed by atoms with Crippen molar-refractivity contribution in [1.29, 1.82) is 0 Å². The Morgan fingerprint density at radius 1 is 1.44 bits per heavy atom. The molecule has 2 rings (SSSR count). The molecule has 0 bridgehead atoms. The Morgan fingerprint density at radius 2 is 2.28 bits per heavy atom. The summed E-state index contributed by atoms with van der Waals surface area (Å²) in [6.07, 6.45) is 1.63. The van der Waals surface area contributed by atoms with Gasteiger partial charge in [0.2, 0.25) is 0 Å². The van der Waals surface area contributed by atoms with Gasteiger partial charge in [0, 0.05) is 18.8 Å². The van der Waals surface area contributed by atoms with Gasteiger partial charge in [-0.3, -0.25) is 4.68 Å². The van der Waals surface area contributed by atoms with Gasteiger partial charge in [-0.2, -0.15) is 8.78 Å². The van der Waals surface area contributed by atoms with Gasteiger partial charge in [0.1, 0.15) is 5.75 Å². The fourth-order valence-corrected chi connectivity index (χ4v) is 1.45. The van der Waals surface area contributed by atoms with Gasteiger partial charge in [-0.1, -0.05) is 11.3 Å². The van der Waals surface area contributed by atoms with E-state index in [1.807, 2.05) is 0 Å². The topological polar surface area (TPSA) is 52.0 Å². The first kappa shape index (κ1) is 12.3. The number of halogens is 2. The minimum absolute atomic E-state index is 0.123. The standard InChI is InChI=1S/C11H12F2N4O/c1-17-9(7-15-16-17)6-14-8-3-2-4-10(5-8)18-11(12)13/h2-5,7,11,14H,6H2,1H3. The number of rotatable bonds is 5. The molecule has 0 aliphatic heterocycles. The molecule has 18 heavy (non-hydrogen) atoms. The molecule has 1 aromatic carbocycles. The Balaban J connectivity index is 1.99. The van der Waals surface area contributed by atoms with Crippen LogP contribution in [0.2, 0.25) is 0 Å². The molecular weight excluding hydrogens is 242 g/mol. The van der Waals surface area contributed by atoms with Crippen LogP contribution in [0.5, 0.6) is 5.75 Å². The molecular formula is C11H12F2N4O. The normalized spacial score (nSPS) is 10.7. The summed E-state index contributed by atoms with van der Waals surface area (Å²) in [7, 11) is 1.78. The maximum atomic E-state index is 12.1. The number of hydrogen-bond acceptors (Lipinski definition) is 4. The largest absolute Gasteiger partial charge is 0.435 e. The Bertz CT molecular complexity index is 515. The number of anilines is 1. The van der Waals surface area contributed by atoms with Crippen LogP contribution in [-0.4, -0.2) is 21.6 Å². The minimum Gasteiger partial charge on any atom is -0.435 e. The number of aromatic nitrogens is 3. The first-order valence-corrected chi connectivity index (χ1v) is 5.27. The molecule has 0 atom stereocenters. The summed E-state index contributed by atoms with van der Waals surface area (Å²) in [5, 5.41) is 10.6. The summed E-state index contributed by atoms with van der Waals surface area (Å²) in [5.41, 5.74) is 1.57. The first-order valence-electron chi connectivity index (χ1n) is 5.27. The van der Waals surface area contributed by atoms with E-state index in [0.29, 0.717) is 12.2 Å². The Hall–Kier alpha value is -2.18. The van der Waals surface area contributed by atoms with E-state index in [9.17, 15) is 8.78 Å². The smallest absolute Gasteiger partial charge is 0.387 e.